The summed E-state index contributed by atoms with van der Waals surface area (Å²) in [6.07, 6.45) is 4.68. The van der Waals surface area contributed by atoms with Crippen molar-refractivity contribution in [2.45, 2.75) is 37.2 Å². The summed E-state index contributed by atoms with van der Waals surface area (Å²) in [6, 6.07) is 3.73. The van der Waals surface area contributed by atoms with Gasteiger partial charge in [-0.15, -0.1) is 11.8 Å². The maximum absolute atomic E-state index is 11.6. The van der Waals surface area contributed by atoms with Crippen LogP contribution in [0.1, 0.15) is 26.7 Å². The Labute approximate surface area is 112 Å². The van der Waals surface area contributed by atoms with Crippen molar-refractivity contribution in [3.8, 4) is 0 Å². The molecule has 0 saturated carbocycles. The predicted molar refractivity (Wildman–Crippen MR) is 73.5 cm³/mol. The summed E-state index contributed by atoms with van der Waals surface area (Å²) in [4.78, 5) is 16.6. The maximum atomic E-state index is 11.6. The number of rotatable bonds is 7. The summed E-state index contributed by atoms with van der Waals surface area (Å²) in [5.41, 5.74) is -0.781. The van der Waals surface area contributed by atoms with Gasteiger partial charge in [0.1, 0.15) is 0 Å². The Hall–Kier alpha value is -1.07. The lowest BCUT2D eigenvalue weighted by atomic mass is 9.98. The lowest BCUT2D eigenvalue weighted by molar-refractivity contribution is -0.119. The van der Waals surface area contributed by atoms with E-state index < -0.39 is 5.60 Å². The topological polar surface area (TPSA) is 62.2 Å². The van der Waals surface area contributed by atoms with E-state index in [1.165, 1.54) is 11.8 Å². The fourth-order valence-corrected chi connectivity index (χ4v) is 2.11. The van der Waals surface area contributed by atoms with Gasteiger partial charge in [0.05, 0.1) is 11.4 Å². The normalized spacial score (nSPS) is 11.3. The third-order valence-corrected chi connectivity index (χ3v) is 3.96. The van der Waals surface area contributed by atoms with E-state index in [1.807, 2.05) is 26.0 Å². The highest BCUT2D eigenvalue weighted by Crippen LogP contribution is 2.16. The second-order valence-electron chi connectivity index (χ2n) is 4.18. The lowest BCUT2D eigenvalue weighted by Gasteiger charge is -2.25. The van der Waals surface area contributed by atoms with Crippen LogP contribution in [-0.4, -0.2) is 33.9 Å². The molecule has 0 bridgehead atoms. The van der Waals surface area contributed by atoms with Gasteiger partial charge in [-0.2, -0.15) is 0 Å². The fourth-order valence-electron chi connectivity index (χ4n) is 1.40. The number of carbonyl (C=O) groups excluding carboxylic acids is 1. The highest BCUT2D eigenvalue weighted by atomic mass is 32.2. The van der Waals surface area contributed by atoms with Crippen molar-refractivity contribution >= 4 is 17.7 Å². The number of thioether (sulfide) groups is 1. The molecule has 5 heteroatoms. The van der Waals surface area contributed by atoms with Gasteiger partial charge >= 0.3 is 0 Å². The van der Waals surface area contributed by atoms with Crippen LogP contribution < -0.4 is 5.32 Å². The largest absolute Gasteiger partial charge is 0.388 e. The molecule has 0 fully saturated rings. The van der Waals surface area contributed by atoms with Crippen LogP contribution in [0.2, 0.25) is 0 Å². The molecule has 0 atom stereocenters. The quantitative estimate of drug-likeness (QED) is 0.741. The third kappa shape index (κ3) is 5.06. The first kappa shape index (κ1) is 15.0. The van der Waals surface area contributed by atoms with E-state index in [4.69, 9.17) is 0 Å². The van der Waals surface area contributed by atoms with Crippen LogP contribution in [-0.2, 0) is 4.79 Å². The van der Waals surface area contributed by atoms with E-state index in [9.17, 15) is 9.90 Å². The number of carbonyl (C=O) groups is 1. The average Bonchev–Trinajstić information content (AvgIpc) is 2.43. The van der Waals surface area contributed by atoms with Crippen LogP contribution >= 0.6 is 11.8 Å². The summed E-state index contributed by atoms with van der Waals surface area (Å²) >= 11 is 1.46. The molecule has 1 aromatic rings. The molecule has 0 aliphatic carbocycles. The smallest absolute Gasteiger partial charge is 0.230 e. The van der Waals surface area contributed by atoms with E-state index >= 15 is 0 Å². The molecule has 0 saturated heterocycles. The van der Waals surface area contributed by atoms with Gasteiger partial charge in [-0.1, -0.05) is 13.8 Å². The molecule has 18 heavy (non-hydrogen) atoms. The number of hydrogen-bond donors (Lipinski definition) is 2. The third-order valence-electron chi connectivity index (χ3n) is 2.95. The Kier molecular flexibility index (Phi) is 6.15. The molecule has 0 spiro atoms. The fraction of sp³-hybridized carbons (Fsp3) is 0.538. The first-order chi connectivity index (χ1) is 8.59. The summed E-state index contributed by atoms with van der Waals surface area (Å²) < 4.78 is 0. The van der Waals surface area contributed by atoms with Gasteiger partial charge in [-0.05, 0) is 25.0 Å². The van der Waals surface area contributed by atoms with Gasteiger partial charge in [0, 0.05) is 23.8 Å². The minimum absolute atomic E-state index is 0.0582. The van der Waals surface area contributed by atoms with Crippen molar-refractivity contribution in [2.75, 3.05) is 12.3 Å². The van der Waals surface area contributed by atoms with E-state index in [1.54, 1.807) is 12.4 Å². The van der Waals surface area contributed by atoms with E-state index in [-0.39, 0.29) is 5.91 Å². The number of nitrogens with zero attached hydrogens (tertiary/aromatic N) is 1. The number of aliphatic hydroxyl groups is 1. The molecule has 1 rings (SSSR count). The van der Waals surface area contributed by atoms with Crippen LogP contribution in [0.4, 0.5) is 0 Å². The lowest BCUT2D eigenvalue weighted by Crippen LogP contribution is -2.42. The van der Waals surface area contributed by atoms with Crippen LogP contribution in [0.5, 0.6) is 0 Å². The van der Waals surface area contributed by atoms with Crippen molar-refractivity contribution in [1.29, 1.82) is 0 Å². The molecule has 2 N–H and O–H groups in total. The Morgan fingerprint density at radius 3 is 2.56 bits per heavy atom. The highest BCUT2D eigenvalue weighted by molar-refractivity contribution is 8.00. The average molecular weight is 268 g/mol. The Bertz CT molecular complexity index is 367. The first-order valence-electron chi connectivity index (χ1n) is 6.11. The van der Waals surface area contributed by atoms with Crippen LogP contribution in [0.25, 0.3) is 0 Å². The Morgan fingerprint density at radius 2 is 2.00 bits per heavy atom. The molecule has 100 valence electrons. The molecule has 4 nitrogen and oxygen atoms in total. The first-order valence-corrected chi connectivity index (χ1v) is 7.10. The minimum atomic E-state index is -0.781. The van der Waals surface area contributed by atoms with Crippen LogP contribution in [0.3, 0.4) is 0 Å². The van der Waals surface area contributed by atoms with Gasteiger partial charge < -0.3 is 10.4 Å². The van der Waals surface area contributed by atoms with Crippen LogP contribution in [0.15, 0.2) is 29.4 Å². The monoisotopic (exact) mass is 268 g/mol. The molecular weight excluding hydrogens is 248 g/mol. The molecule has 1 aromatic heterocycles. The maximum Gasteiger partial charge on any atom is 0.230 e. The number of hydrogen-bond acceptors (Lipinski definition) is 4. The number of aromatic nitrogens is 1. The molecule has 0 radical (unpaired) electrons. The molecular formula is C13H20N2O2S. The zero-order valence-corrected chi connectivity index (χ0v) is 11.7. The molecule has 1 amide bonds. The van der Waals surface area contributed by atoms with E-state index in [0.29, 0.717) is 25.1 Å². The van der Waals surface area contributed by atoms with Crippen molar-refractivity contribution in [3.05, 3.63) is 24.5 Å². The molecule has 0 aromatic carbocycles. The van der Waals surface area contributed by atoms with Crippen molar-refractivity contribution in [2.24, 2.45) is 0 Å². The van der Waals surface area contributed by atoms with Crippen molar-refractivity contribution < 1.29 is 9.90 Å². The standard InChI is InChI=1S/C13H20N2O2S/c1-3-13(17,4-2)10-15-12(16)9-18-11-5-7-14-8-6-11/h5-8,17H,3-4,9-10H2,1-2H3,(H,15,16). The van der Waals surface area contributed by atoms with Gasteiger partial charge in [-0.3, -0.25) is 9.78 Å². The number of nitrogens with one attached hydrogen (secondary N) is 1. The second-order valence-corrected chi connectivity index (χ2v) is 5.23. The summed E-state index contributed by atoms with van der Waals surface area (Å²) in [7, 11) is 0. The van der Waals surface area contributed by atoms with E-state index in [2.05, 4.69) is 10.3 Å². The predicted octanol–water partition coefficient (Wildman–Crippen LogP) is 1.84. The highest BCUT2D eigenvalue weighted by Gasteiger charge is 2.22. The molecule has 1 heterocycles. The second kappa shape index (κ2) is 7.38. The van der Waals surface area contributed by atoms with Gasteiger partial charge in [-0.25, -0.2) is 0 Å². The SMILES string of the molecule is CCC(O)(CC)CNC(=O)CSc1ccncc1. The number of amides is 1. The van der Waals surface area contributed by atoms with Gasteiger partial charge in [0.15, 0.2) is 0 Å². The minimum Gasteiger partial charge on any atom is -0.388 e. The van der Waals surface area contributed by atoms with Crippen molar-refractivity contribution in [3.63, 3.8) is 0 Å². The molecule has 0 aliphatic rings. The van der Waals surface area contributed by atoms with Crippen molar-refractivity contribution in [1.82, 2.24) is 10.3 Å². The molecule has 0 unspecified atom stereocenters. The number of pyridine rings is 1. The molecule has 0 aliphatic heterocycles. The summed E-state index contributed by atoms with van der Waals surface area (Å²) in [6.45, 7) is 4.15. The Morgan fingerprint density at radius 1 is 1.39 bits per heavy atom. The summed E-state index contributed by atoms with van der Waals surface area (Å²) in [5.74, 6) is 0.296. The van der Waals surface area contributed by atoms with E-state index in [0.717, 1.165) is 4.90 Å². The van der Waals surface area contributed by atoms with Gasteiger partial charge in [0.2, 0.25) is 5.91 Å². The Balaban J connectivity index is 2.30. The zero-order valence-electron chi connectivity index (χ0n) is 10.8. The van der Waals surface area contributed by atoms with Crippen LogP contribution in [0, 0.1) is 0 Å². The van der Waals surface area contributed by atoms with Gasteiger partial charge in [0.25, 0.3) is 0 Å². The summed E-state index contributed by atoms with van der Waals surface area (Å²) in [5, 5.41) is 12.8. The zero-order chi connectivity index (χ0) is 13.4.